The molecule has 1 aliphatic rings. The van der Waals surface area contributed by atoms with E-state index in [0.29, 0.717) is 6.42 Å². The van der Waals surface area contributed by atoms with E-state index >= 15 is 0 Å². The van der Waals surface area contributed by atoms with Crippen LogP contribution in [-0.4, -0.2) is 40.8 Å². The third-order valence-corrected chi connectivity index (χ3v) is 3.50. The molecule has 5 nitrogen and oxygen atoms in total. The molecule has 1 rings (SSSR count). The first-order valence-electron chi connectivity index (χ1n) is 6.38. The second-order valence-corrected chi connectivity index (χ2v) is 5.93. The number of carbonyl (C=O) groups is 2. The molecule has 1 N–H and O–H groups in total. The molecule has 0 aromatic rings. The quantitative estimate of drug-likeness (QED) is 0.837. The number of hydrogen-bond donors (Lipinski definition) is 1. The van der Waals surface area contributed by atoms with E-state index in [2.05, 4.69) is 0 Å². The second kappa shape index (κ2) is 5.26. The minimum atomic E-state index is -0.730. The van der Waals surface area contributed by atoms with Crippen molar-refractivity contribution in [3.63, 3.8) is 0 Å². The van der Waals surface area contributed by atoms with Gasteiger partial charge in [-0.1, -0.05) is 34.6 Å². The first-order valence-corrected chi connectivity index (χ1v) is 6.38. The van der Waals surface area contributed by atoms with Crippen LogP contribution in [0.5, 0.6) is 0 Å². The average molecular weight is 257 g/mol. The van der Waals surface area contributed by atoms with E-state index in [1.807, 2.05) is 20.8 Å². The first kappa shape index (κ1) is 15.0. The van der Waals surface area contributed by atoms with Crippen molar-refractivity contribution in [3.8, 4) is 0 Å². The summed E-state index contributed by atoms with van der Waals surface area (Å²) in [7, 11) is 0. The van der Waals surface area contributed by atoms with Gasteiger partial charge in [-0.25, -0.2) is 9.69 Å². The number of cyclic esters (lactones) is 1. The van der Waals surface area contributed by atoms with E-state index in [9.17, 15) is 14.7 Å². The van der Waals surface area contributed by atoms with Crippen LogP contribution in [0.2, 0.25) is 0 Å². The highest BCUT2D eigenvalue weighted by molar-refractivity contribution is 5.95. The minimum absolute atomic E-state index is 0.225. The van der Waals surface area contributed by atoms with Crippen LogP contribution in [0.3, 0.4) is 0 Å². The van der Waals surface area contributed by atoms with E-state index in [4.69, 9.17) is 4.74 Å². The molecule has 0 unspecified atom stereocenters. The molecule has 1 fully saturated rings. The van der Waals surface area contributed by atoms with E-state index < -0.39 is 18.1 Å². The van der Waals surface area contributed by atoms with Crippen LogP contribution in [0, 0.1) is 11.3 Å². The van der Waals surface area contributed by atoms with Gasteiger partial charge in [-0.2, -0.15) is 0 Å². The number of aliphatic hydroxyl groups is 1. The molecular formula is C13H23NO4. The number of nitrogens with zero attached hydrogens (tertiary/aromatic N) is 1. The molecule has 0 aromatic heterocycles. The summed E-state index contributed by atoms with van der Waals surface area (Å²) in [6, 6.07) is -0.274. The Hall–Kier alpha value is -1.10. The van der Waals surface area contributed by atoms with Gasteiger partial charge in [0.25, 0.3) is 0 Å². The van der Waals surface area contributed by atoms with Crippen LogP contribution >= 0.6 is 0 Å². The highest BCUT2D eigenvalue weighted by Gasteiger charge is 2.45. The summed E-state index contributed by atoms with van der Waals surface area (Å²) in [5.74, 6) is -0.947. The molecule has 0 aromatic carbocycles. The van der Waals surface area contributed by atoms with Crippen LogP contribution < -0.4 is 0 Å². The Morgan fingerprint density at radius 2 is 2.11 bits per heavy atom. The number of ether oxygens (including phenoxy) is 1. The third-order valence-electron chi connectivity index (χ3n) is 3.50. The van der Waals surface area contributed by atoms with E-state index in [-0.39, 0.29) is 24.0 Å². The lowest BCUT2D eigenvalue weighted by Crippen LogP contribution is -2.49. The predicted molar refractivity (Wildman–Crippen MR) is 66.9 cm³/mol. The standard InChI is InChI=1S/C13H23NO4/c1-6-9(15)8(2)11(16)14-10(13(3,4)5)7-18-12(14)17/h8-10,15H,6-7H2,1-5H3/t8-,9-,10-/m1/s1. The number of rotatable bonds is 3. The van der Waals surface area contributed by atoms with Crippen molar-refractivity contribution in [1.82, 2.24) is 4.90 Å². The number of carbonyl (C=O) groups excluding carboxylic acids is 2. The highest BCUT2D eigenvalue weighted by atomic mass is 16.6. The maximum Gasteiger partial charge on any atom is 0.417 e. The van der Waals surface area contributed by atoms with Crippen LogP contribution in [0.15, 0.2) is 0 Å². The summed E-state index contributed by atoms with van der Waals surface area (Å²) < 4.78 is 4.97. The highest BCUT2D eigenvalue weighted by Crippen LogP contribution is 2.31. The van der Waals surface area contributed by atoms with Gasteiger partial charge < -0.3 is 9.84 Å². The molecule has 5 heteroatoms. The summed E-state index contributed by atoms with van der Waals surface area (Å²) in [4.78, 5) is 25.1. The van der Waals surface area contributed by atoms with Crippen molar-refractivity contribution < 1.29 is 19.4 Å². The SMILES string of the molecule is CC[C@@H](O)[C@@H](C)C(=O)N1C(=O)OC[C@@H]1C(C)(C)C. The van der Waals surface area contributed by atoms with Crippen molar-refractivity contribution >= 4 is 12.0 Å². The van der Waals surface area contributed by atoms with Gasteiger partial charge in [-0.3, -0.25) is 4.79 Å². The Kier molecular flexibility index (Phi) is 4.37. The zero-order chi connectivity index (χ0) is 14.1. The molecule has 1 heterocycles. The molecule has 3 atom stereocenters. The van der Waals surface area contributed by atoms with E-state index in [1.54, 1.807) is 13.8 Å². The lowest BCUT2D eigenvalue weighted by Gasteiger charge is -2.32. The van der Waals surface area contributed by atoms with Crippen LogP contribution in [0.25, 0.3) is 0 Å². The molecule has 0 bridgehead atoms. The molecule has 0 spiro atoms. The normalized spacial score (nSPS) is 23.8. The number of imide groups is 1. The molecule has 104 valence electrons. The van der Waals surface area contributed by atoms with Gasteiger partial charge in [0.2, 0.25) is 5.91 Å². The zero-order valence-corrected chi connectivity index (χ0v) is 11.8. The largest absolute Gasteiger partial charge is 0.447 e. The van der Waals surface area contributed by atoms with Gasteiger partial charge in [-0.15, -0.1) is 0 Å². The predicted octanol–water partition coefficient (Wildman–Crippen LogP) is 1.79. The summed E-state index contributed by atoms with van der Waals surface area (Å²) >= 11 is 0. The number of amides is 2. The van der Waals surface area contributed by atoms with Gasteiger partial charge in [0, 0.05) is 0 Å². The molecular weight excluding hydrogens is 234 g/mol. The maximum absolute atomic E-state index is 12.3. The Morgan fingerprint density at radius 3 is 2.56 bits per heavy atom. The minimum Gasteiger partial charge on any atom is -0.447 e. The van der Waals surface area contributed by atoms with Gasteiger partial charge in [0.05, 0.1) is 18.1 Å². The smallest absolute Gasteiger partial charge is 0.417 e. The summed E-state index contributed by atoms with van der Waals surface area (Å²) in [5.41, 5.74) is -0.237. The van der Waals surface area contributed by atoms with Crippen molar-refractivity contribution in [3.05, 3.63) is 0 Å². The fourth-order valence-corrected chi connectivity index (χ4v) is 2.04. The zero-order valence-electron chi connectivity index (χ0n) is 11.8. The number of aliphatic hydroxyl groups excluding tert-OH is 1. The maximum atomic E-state index is 12.3. The lowest BCUT2D eigenvalue weighted by atomic mass is 9.86. The van der Waals surface area contributed by atoms with Crippen LogP contribution in [0.1, 0.15) is 41.0 Å². The third kappa shape index (κ3) is 2.83. The summed E-state index contributed by atoms with van der Waals surface area (Å²) in [5, 5.41) is 9.73. The molecule has 0 saturated carbocycles. The first-order chi connectivity index (χ1) is 8.20. The summed E-state index contributed by atoms with van der Waals surface area (Å²) in [6.07, 6.45) is -0.850. The van der Waals surface area contributed by atoms with Gasteiger partial charge in [0.15, 0.2) is 0 Å². The van der Waals surface area contributed by atoms with E-state index in [0.717, 1.165) is 0 Å². The van der Waals surface area contributed by atoms with Crippen molar-refractivity contribution in [2.75, 3.05) is 6.61 Å². The molecule has 1 saturated heterocycles. The van der Waals surface area contributed by atoms with Gasteiger partial charge >= 0.3 is 6.09 Å². The average Bonchev–Trinajstić information content (AvgIpc) is 2.67. The Balaban J connectivity index is 2.91. The van der Waals surface area contributed by atoms with Crippen molar-refractivity contribution in [2.24, 2.45) is 11.3 Å². The molecule has 2 amide bonds. The van der Waals surface area contributed by atoms with Crippen LogP contribution in [-0.2, 0) is 9.53 Å². The molecule has 18 heavy (non-hydrogen) atoms. The number of hydrogen-bond acceptors (Lipinski definition) is 4. The lowest BCUT2D eigenvalue weighted by molar-refractivity contribution is -0.137. The van der Waals surface area contributed by atoms with Crippen LogP contribution in [0.4, 0.5) is 4.79 Å². The van der Waals surface area contributed by atoms with Crippen molar-refractivity contribution in [2.45, 2.75) is 53.2 Å². The van der Waals surface area contributed by atoms with E-state index in [1.165, 1.54) is 4.90 Å². The fraction of sp³-hybridized carbons (Fsp3) is 0.846. The van der Waals surface area contributed by atoms with Crippen molar-refractivity contribution in [1.29, 1.82) is 0 Å². The molecule has 0 radical (unpaired) electrons. The second-order valence-electron chi connectivity index (χ2n) is 5.93. The monoisotopic (exact) mass is 257 g/mol. The Labute approximate surface area is 108 Å². The van der Waals surface area contributed by atoms with Gasteiger partial charge in [-0.05, 0) is 11.8 Å². The topological polar surface area (TPSA) is 66.8 Å². The molecule has 0 aliphatic carbocycles. The fourth-order valence-electron chi connectivity index (χ4n) is 2.04. The summed E-state index contributed by atoms with van der Waals surface area (Å²) in [6.45, 7) is 9.55. The Bertz CT molecular complexity index is 334. The molecule has 1 aliphatic heterocycles. The Morgan fingerprint density at radius 1 is 1.56 bits per heavy atom. The van der Waals surface area contributed by atoms with Gasteiger partial charge in [0.1, 0.15) is 6.61 Å².